The summed E-state index contributed by atoms with van der Waals surface area (Å²) in [6, 6.07) is 4.83. The van der Waals surface area contributed by atoms with Crippen LogP contribution in [0, 0.1) is 11.7 Å². The van der Waals surface area contributed by atoms with Crippen molar-refractivity contribution in [1.82, 2.24) is 5.32 Å². The molecule has 0 spiro atoms. The van der Waals surface area contributed by atoms with Gasteiger partial charge < -0.3 is 14.8 Å². The summed E-state index contributed by atoms with van der Waals surface area (Å²) in [5, 5.41) is 3.18. The van der Waals surface area contributed by atoms with Gasteiger partial charge in [-0.3, -0.25) is 4.79 Å². The lowest BCUT2D eigenvalue weighted by molar-refractivity contribution is -0.159. The van der Waals surface area contributed by atoms with Crippen LogP contribution in [0.1, 0.15) is 32.3 Å². The molecule has 1 saturated heterocycles. The van der Waals surface area contributed by atoms with Crippen LogP contribution in [0.4, 0.5) is 4.39 Å². The van der Waals surface area contributed by atoms with E-state index in [9.17, 15) is 9.18 Å². The molecule has 5 heteroatoms. The van der Waals surface area contributed by atoms with E-state index in [0.29, 0.717) is 13.1 Å². The summed E-state index contributed by atoms with van der Waals surface area (Å²) in [6.45, 7) is 6.71. The van der Waals surface area contributed by atoms with Gasteiger partial charge in [-0.1, -0.05) is 6.07 Å². The van der Waals surface area contributed by atoms with Gasteiger partial charge in [-0.15, -0.1) is 0 Å². The van der Waals surface area contributed by atoms with Crippen LogP contribution in [0.15, 0.2) is 18.2 Å². The first-order chi connectivity index (χ1) is 9.81. The van der Waals surface area contributed by atoms with Crippen LogP contribution < -0.4 is 10.1 Å². The summed E-state index contributed by atoms with van der Waals surface area (Å²) in [7, 11) is 1.43. The molecule has 0 radical (unpaired) electrons. The molecule has 0 bridgehead atoms. The zero-order valence-corrected chi connectivity index (χ0v) is 12.9. The van der Waals surface area contributed by atoms with Crippen LogP contribution in [0.5, 0.6) is 5.75 Å². The molecule has 0 aromatic heterocycles. The van der Waals surface area contributed by atoms with Crippen molar-refractivity contribution in [3.8, 4) is 5.75 Å². The second-order valence-electron chi connectivity index (χ2n) is 6.30. The quantitative estimate of drug-likeness (QED) is 0.870. The fraction of sp³-hybridized carbons (Fsp3) is 0.562. The van der Waals surface area contributed by atoms with E-state index in [1.54, 1.807) is 12.1 Å². The van der Waals surface area contributed by atoms with Gasteiger partial charge in [0.2, 0.25) is 0 Å². The Hall–Kier alpha value is -1.62. The van der Waals surface area contributed by atoms with Gasteiger partial charge in [0, 0.05) is 19.0 Å². The molecule has 0 amide bonds. The fourth-order valence-electron chi connectivity index (χ4n) is 2.57. The van der Waals surface area contributed by atoms with Gasteiger partial charge in [-0.05, 0) is 38.5 Å². The number of carbonyl (C=O) groups excluding carboxylic acids is 1. The van der Waals surface area contributed by atoms with Gasteiger partial charge in [0.1, 0.15) is 5.60 Å². The van der Waals surface area contributed by atoms with E-state index in [0.717, 1.165) is 5.56 Å². The molecular formula is C16H22FNO3. The number of carbonyl (C=O) groups is 1. The number of nitrogens with one attached hydrogen (secondary N) is 1. The maximum Gasteiger partial charge on any atom is 0.311 e. The number of halogens is 1. The van der Waals surface area contributed by atoms with Crippen molar-refractivity contribution in [2.75, 3.05) is 20.2 Å². The first-order valence-electron chi connectivity index (χ1n) is 7.09. The van der Waals surface area contributed by atoms with Crippen LogP contribution in [0.3, 0.4) is 0 Å². The number of esters is 1. The summed E-state index contributed by atoms with van der Waals surface area (Å²) < 4.78 is 24.2. The largest absolute Gasteiger partial charge is 0.494 e. The molecule has 2 atom stereocenters. The molecule has 1 heterocycles. The standard InChI is InChI=1S/C16H22FNO3/c1-16(2,3)21-15(19)12-9-18-8-11(12)10-5-6-14(20-4)13(17)7-10/h5-7,11-12,18H,8-9H2,1-4H3/t11-,12+/m0/s1. The highest BCUT2D eigenvalue weighted by Gasteiger charge is 2.37. The van der Waals surface area contributed by atoms with Crippen molar-refractivity contribution in [3.05, 3.63) is 29.6 Å². The average Bonchev–Trinajstić information content (AvgIpc) is 2.85. The molecule has 4 nitrogen and oxygen atoms in total. The van der Waals surface area contributed by atoms with E-state index in [4.69, 9.17) is 9.47 Å². The maximum atomic E-state index is 13.8. The maximum absolute atomic E-state index is 13.8. The molecule has 2 rings (SSSR count). The molecule has 21 heavy (non-hydrogen) atoms. The number of benzene rings is 1. The van der Waals surface area contributed by atoms with Crippen molar-refractivity contribution in [1.29, 1.82) is 0 Å². The third kappa shape index (κ3) is 3.73. The highest BCUT2D eigenvalue weighted by atomic mass is 19.1. The predicted octanol–water partition coefficient (Wildman–Crippen LogP) is 2.48. The number of hydrogen-bond donors (Lipinski definition) is 1. The minimum atomic E-state index is -0.518. The Morgan fingerprint density at radius 3 is 2.62 bits per heavy atom. The van der Waals surface area contributed by atoms with Crippen molar-refractivity contribution >= 4 is 5.97 Å². The van der Waals surface area contributed by atoms with E-state index in [1.807, 2.05) is 20.8 Å². The van der Waals surface area contributed by atoms with Gasteiger partial charge in [0.05, 0.1) is 13.0 Å². The number of hydrogen-bond acceptors (Lipinski definition) is 4. The fourth-order valence-corrected chi connectivity index (χ4v) is 2.57. The Labute approximate surface area is 124 Å². The molecule has 1 aliphatic rings. The minimum absolute atomic E-state index is 0.0831. The van der Waals surface area contributed by atoms with E-state index >= 15 is 0 Å². The summed E-state index contributed by atoms with van der Waals surface area (Å²) in [4.78, 5) is 12.3. The van der Waals surface area contributed by atoms with Gasteiger partial charge >= 0.3 is 5.97 Å². The SMILES string of the molecule is COc1ccc([C@@H]2CNC[C@H]2C(=O)OC(C)(C)C)cc1F. The lowest BCUT2D eigenvalue weighted by Gasteiger charge is -2.24. The van der Waals surface area contributed by atoms with Crippen molar-refractivity contribution < 1.29 is 18.7 Å². The zero-order valence-electron chi connectivity index (χ0n) is 12.9. The molecule has 1 aromatic rings. The second-order valence-corrected chi connectivity index (χ2v) is 6.30. The summed E-state index contributed by atoms with van der Waals surface area (Å²) in [5.74, 6) is -0.825. The van der Waals surface area contributed by atoms with Crippen molar-refractivity contribution in [3.63, 3.8) is 0 Å². The molecule has 0 aliphatic carbocycles. The Bertz CT molecular complexity index is 525. The average molecular weight is 295 g/mol. The molecule has 116 valence electrons. The molecule has 1 N–H and O–H groups in total. The van der Waals surface area contributed by atoms with E-state index in [2.05, 4.69) is 5.32 Å². The normalized spacial score (nSPS) is 22.1. The third-order valence-corrected chi connectivity index (χ3v) is 3.53. The van der Waals surface area contributed by atoms with Crippen molar-refractivity contribution in [2.45, 2.75) is 32.3 Å². The minimum Gasteiger partial charge on any atom is -0.494 e. The second kappa shape index (κ2) is 6.02. The first-order valence-corrected chi connectivity index (χ1v) is 7.09. The van der Waals surface area contributed by atoms with Crippen LogP contribution in [-0.2, 0) is 9.53 Å². The zero-order chi connectivity index (χ0) is 15.6. The van der Waals surface area contributed by atoms with Gasteiger partial charge in [-0.25, -0.2) is 4.39 Å². The van der Waals surface area contributed by atoms with Gasteiger partial charge in [0.25, 0.3) is 0 Å². The van der Waals surface area contributed by atoms with E-state index < -0.39 is 11.4 Å². The van der Waals surface area contributed by atoms with E-state index in [1.165, 1.54) is 13.2 Å². The van der Waals surface area contributed by atoms with Crippen molar-refractivity contribution in [2.24, 2.45) is 5.92 Å². The Balaban J connectivity index is 2.18. The monoisotopic (exact) mass is 295 g/mol. The number of ether oxygens (including phenoxy) is 2. The van der Waals surface area contributed by atoms with Crippen LogP contribution in [0.25, 0.3) is 0 Å². The lowest BCUT2D eigenvalue weighted by Crippen LogP contribution is -2.31. The highest BCUT2D eigenvalue weighted by molar-refractivity contribution is 5.75. The van der Waals surface area contributed by atoms with Crippen LogP contribution in [0.2, 0.25) is 0 Å². The molecule has 0 unspecified atom stereocenters. The van der Waals surface area contributed by atoms with Gasteiger partial charge in [0.15, 0.2) is 11.6 Å². The Kier molecular flexibility index (Phi) is 4.52. The Morgan fingerprint density at radius 1 is 1.33 bits per heavy atom. The number of rotatable bonds is 3. The summed E-state index contributed by atoms with van der Waals surface area (Å²) in [5.41, 5.74) is 0.268. The van der Waals surface area contributed by atoms with Crippen LogP contribution >= 0.6 is 0 Å². The first kappa shape index (κ1) is 15.8. The lowest BCUT2D eigenvalue weighted by atomic mass is 9.88. The topological polar surface area (TPSA) is 47.6 Å². The van der Waals surface area contributed by atoms with Gasteiger partial charge in [-0.2, -0.15) is 0 Å². The summed E-state index contributed by atoms with van der Waals surface area (Å²) >= 11 is 0. The molecule has 0 saturated carbocycles. The summed E-state index contributed by atoms with van der Waals surface area (Å²) in [6.07, 6.45) is 0. The smallest absolute Gasteiger partial charge is 0.311 e. The molecule has 1 aliphatic heterocycles. The molecular weight excluding hydrogens is 273 g/mol. The third-order valence-electron chi connectivity index (χ3n) is 3.53. The molecule has 1 aromatic carbocycles. The predicted molar refractivity (Wildman–Crippen MR) is 77.9 cm³/mol. The van der Waals surface area contributed by atoms with E-state index in [-0.39, 0.29) is 23.6 Å². The number of methoxy groups -OCH3 is 1. The highest BCUT2D eigenvalue weighted by Crippen LogP contribution is 2.32. The Morgan fingerprint density at radius 2 is 2.05 bits per heavy atom. The van der Waals surface area contributed by atoms with Crippen LogP contribution in [-0.4, -0.2) is 31.8 Å². The molecule has 1 fully saturated rings.